The highest BCUT2D eigenvalue weighted by Gasteiger charge is 2.12. The summed E-state index contributed by atoms with van der Waals surface area (Å²) in [4.78, 5) is 11.4. The summed E-state index contributed by atoms with van der Waals surface area (Å²) in [6.07, 6.45) is 8.11. The lowest BCUT2D eigenvalue weighted by Gasteiger charge is -2.20. The lowest BCUT2D eigenvalue weighted by Crippen LogP contribution is -2.40. The van der Waals surface area contributed by atoms with Gasteiger partial charge in [-0.3, -0.25) is 4.79 Å². The molecule has 0 heterocycles. The second kappa shape index (κ2) is 7.72. The molecule has 0 aromatic carbocycles. The summed E-state index contributed by atoms with van der Waals surface area (Å²) in [6.45, 7) is 8.28. The van der Waals surface area contributed by atoms with Gasteiger partial charge in [-0.25, -0.2) is 0 Å². The standard InChI is InChI=1S/C13H27NO/c1-5-6-7-8-9-10-11-12(15)14-13(2,3)4/h5-11H2,1-4H3,(H,14,15). The molecule has 0 saturated carbocycles. The van der Waals surface area contributed by atoms with Gasteiger partial charge in [0.25, 0.3) is 0 Å². The second-order valence-electron chi connectivity index (χ2n) is 5.32. The van der Waals surface area contributed by atoms with E-state index in [2.05, 4.69) is 12.2 Å². The zero-order valence-corrected chi connectivity index (χ0v) is 10.9. The summed E-state index contributed by atoms with van der Waals surface area (Å²) in [7, 11) is 0. The monoisotopic (exact) mass is 213 g/mol. The van der Waals surface area contributed by atoms with Crippen LogP contribution in [0, 0.1) is 0 Å². The number of nitrogens with one attached hydrogen (secondary N) is 1. The number of carbonyl (C=O) groups is 1. The molecule has 0 bridgehead atoms. The van der Waals surface area contributed by atoms with Gasteiger partial charge >= 0.3 is 0 Å². The largest absolute Gasteiger partial charge is 0.352 e. The SMILES string of the molecule is CCCCCCCCC(=O)NC(C)(C)C. The zero-order chi connectivity index (χ0) is 11.7. The Balaban J connectivity index is 3.32. The molecule has 0 spiro atoms. The molecule has 2 heteroatoms. The summed E-state index contributed by atoms with van der Waals surface area (Å²) in [6, 6.07) is 0. The molecule has 0 rings (SSSR count). The fourth-order valence-electron chi connectivity index (χ4n) is 1.55. The van der Waals surface area contributed by atoms with Crippen molar-refractivity contribution in [1.29, 1.82) is 0 Å². The van der Waals surface area contributed by atoms with Gasteiger partial charge in [-0.15, -0.1) is 0 Å². The molecule has 0 aromatic rings. The van der Waals surface area contributed by atoms with E-state index in [0.29, 0.717) is 6.42 Å². The normalized spacial score (nSPS) is 11.5. The molecule has 0 aromatic heterocycles. The van der Waals surface area contributed by atoms with Gasteiger partial charge in [-0.05, 0) is 27.2 Å². The van der Waals surface area contributed by atoms with Crippen molar-refractivity contribution in [2.45, 2.75) is 78.2 Å². The molecule has 0 aliphatic rings. The van der Waals surface area contributed by atoms with Gasteiger partial charge in [0, 0.05) is 12.0 Å². The van der Waals surface area contributed by atoms with E-state index in [-0.39, 0.29) is 11.4 Å². The number of hydrogen-bond donors (Lipinski definition) is 1. The summed E-state index contributed by atoms with van der Waals surface area (Å²) in [5.74, 6) is 0.193. The van der Waals surface area contributed by atoms with Gasteiger partial charge in [-0.1, -0.05) is 39.0 Å². The fraction of sp³-hybridized carbons (Fsp3) is 0.923. The van der Waals surface area contributed by atoms with E-state index < -0.39 is 0 Å². The Kier molecular flexibility index (Phi) is 7.45. The van der Waals surface area contributed by atoms with Gasteiger partial charge in [0.15, 0.2) is 0 Å². The number of amides is 1. The Morgan fingerprint density at radius 1 is 1.00 bits per heavy atom. The number of unbranched alkanes of at least 4 members (excludes halogenated alkanes) is 5. The second-order valence-corrected chi connectivity index (χ2v) is 5.32. The first-order chi connectivity index (χ1) is 6.95. The van der Waals surface area contributed by atoms with Crippen LogP contribution in [0.4, 0.5) is 0 Å². The lowest BCUT2D eigenvalue weighted by atomic mass is 10.1. The van der Waals surface area contributed by atoms with E-state index in [4.69, 9.17) is 0 Å². The molecule has 2 nitrogen and oxygen atoms in total. The minimum absolute atomic E-state index is 0.0840. The number of carbonyl (C=O) groups excluding carboxylic acids is 1. The van der Waals surface area contributed by atoms with Crippen LogP contribution in [-0.2, 0) is 4.79 Å². The van der Waals surface area contributed by atoms with E-state index in [0.717, 1.165) is 6.42 Å². The van der Waals surface area contributed by atoms with Gasteiger partial charge in [0.1, 0.15) is 0 Å². The Morgan fingerprint density at radius 3 is 2.07 bits per heavy atom. The van der Waals surface area contributed by atoms with Crippen molar-refractivity contribution in [2.24, 2.45) is 0 Å². The number of hydrogen-bond acceptors (Lipinski definition) is 1. The third-order valence-electron chi connectivity index (χ3n) is 2.27. The fourth-order valence-corrected chi connectivity index (χ4v) is 1.55. The predicted octanol–water partition coefficient (Wildman–Crippen LogP) is 3.65. The van der Waals surface area contributed by atoms with Crippen molar-refractivity contribution in [3.05, 3.63) is 0 Å². The molecule has 0 unspecified atom stereocenters. The average molecular weight is 213 g/mol. The van der Waals surface area contributed by atoms with Crippen LogP contribution in [0.25, 0.3) is 0 Å². The van der Waals surface area contributed by atoms with Crippen LogP contribution in [0.1, 0.15) is 72.6 Å². The van der Waals surface area contributed by atoms with Crippen LogP contribution in [0.5, 0.6) is 0 Å². The van der Waals surface area contributed by atoms with Crippen molar-refractivity contribution >= 4 is 5.91 Å². The molecule has 0 aliphatic carbocycles. The topological polar surface area (TPSA) is 29.1 Å². The Morgan fingerprint density at radius 2 is 1.53 bits per heavy atom. The van der Waals surface area contributed by atoms with Crippen LogP contribution in [-0.4, -0.2) is 11.4 Å². The Hall–Kier alpha value is -0.530. The van der Waals surface area contributed by atoms with E-state index in [1.807, 2.05) is 20.8 Å². The van der Waals surface area contributed by atoms with E-state index in [1.165, 1.54) is 32.1 Å². The summed E-state index contributed by atoms with van der Waals surface area (Å²) < 4.78 is 0. The van der Waals surface area contributed by atoms with Gasteiger partial charge in [-0.2, -0.15) is 0 Å². The molecule has 1 N–H and O–H groups in total. The smallest absolute Gasteiger partial charge is 0.220 e. The molecular formula is C13H27NO. The lowest BCUT2D eigenvalue weighted by molar-refractivity contribution is -0.122. The number of rotatable bonds is 7. The maximum absolute atomic E-state index is 11.4. The Labute approximate surface area is 94.8 Å². The highest BCUT2D eigenvalue weighted by molar-refractivity contribution is 5.76. The molecule has 0 fully saturated rings. The quantitative estimate of drug-likeness (QED) is 0.643. The van der Waals surface area contributed by atoms with Gasteiger partial charge in [0.2, 0.25) is 5.91 Å². The first-order valence-electron chi connectivity index (χ1n) is 6.26. The molecule has 0 atom stereocenters. The molecule has 0 radical (unpaired) electrons. The summed E-state index contributed by atoms with van der Waals surface area (Å²) in [5.41, 5.74) is -0.0840. The Bertz CT molecular complexity index is 170. The maximum atomic E-state index is 11.4. The molecule has 0 aliphatic heterocycles. The van der Waals surface area contributed by atoms with Crippen LogP contribution >= 0.6 is 0 Å². The van der Waals surface area contributed by atoms with Crippen LogP contribution in [0.2, 0.25) is 0 Å². The third-order valence-corrected chi connectivity index (χ3v) is 2.27. The van der Waals surface area contributed by atoms with Gasteiger partial charge in [0.05, 0.1) is 0 Å². The highest BCUT2D eigenvalue weighted by Crippen LogP contribution is 2.07. The minimum Gasteiger partial charge on any atom is -0.352 e. The van der Waals surface area contributed by atoms with Crippen molar-refractivity contribution in [2.75, 3.05) is 0 Å². The van der Waals surface area contributed by atoms with Crippen molar-refractivity contribution in [3.8, 4) is 0 Å². The molecular weight excluding hydrogens is 186 g/mol. The molecule has 1 amide bonds. The maximum Gasteiger partial charge on any atom is 0.220 e. The highest BCUT2D eigenvalue weighted by atomic mass is 16.1. The summed E-state index contributed by atoms with van der Waals surface area (Å²) in [5, 5.41) is 2.98. The van der Waals surface area contributed by atoms with Crippen LogP contribution < -0.4 is 5.32 Å². The average Bonchev–Trinajstić information content (AvgIpc) is 2.08. The summed E-state index contributed by atoms with van der Waals surface area (Å²) >= 11 is 0. The first-order valence-corrected chi connectivity index (χ1v) is 6.26. The van der Waals surface area contributed by atoms with Crippen LogP contribution in [0.15, 0.2) is 0 Å². The van der Waals surface area contributed by atoms with Crippen molar-refractivity contribution in [3.63, 3.8) is 0 Å². The zero-order valence-electron chi connectivity index (χ0n) is 10.9. The van der Waals surface area contributed by atoms with E-state index >= 15 is 0 Å². The molecule has 90 valence electrons. The minimum atomic E-state index is -0.0840. The molecule has 15 heavy (non-hydrogen) atoms. The van der Waals surface area contributed by atoms with Crippen molar-refractivity contribution < 1.29 is 4.79 Å². The van der Waals surface area contributed by atoms with E-state index in [9.17, 15) is 4.79 Å². The van der Waals surface area contributed by atoms with Crippen LogP contribution in [0.3, 0.4) is 0 Å². The van der Waals surface area contributed by atoms with Gasteiger partial charge < -0.3 is 5.32 Å². The van der Waals surface area contributed by atoms with E-state index in [1.54, 1.807) is 0 Å². The third kappa shape index (κ3) is 11.4. The molecule has 0 saturated heterocycles. The predicted molar refractivity (Wildman–Crippen MR) is 65.9 cm³/mol. The first kappa shape index (κ1) is 14.5. The van der Waals surface area contributed by atoms with Crippen molar-refractivity contribution in [1.82, 2.24) is 5.32 Å².